The van der Waals surface area contributed by atoms with Crippen LogP contribution in [0.4, 0.5) is 16.2 Å². The predicted molar refractivity (Wildman–Crippen MR) is 92.5 cm³/mol. The number of carbonyl (C=O) groups is 3. The first-order chi connectivity index (χ1) is 12.5. The summed E-state index contributed by atoms with van der Waals surface area (Å²) >= 11 is 0. The van der Waals surface area contributed by atoms with Gasteiger partial charge in [-0.25, -0.2) is 4.79 Å². The maximum Gasteiger partial charge on any atom is 0.323 e. The topological polar surface area (TPSA) is 173 Å². The monoisotopic (exact) mass is 350 g/mol. The van der Waals surface area contributed by atoms with Gasteiger partial charge >= 0.3 is 6.03 Å². The minimum absolute atomic E-state index is 0.0638. The fourth-order valence-electron chi connectivity index (χ4n) is 1.96. The summed E-state index contributed by atoms with van der Waals surface area (Å²) in [5.41, 5.74) is 17.0. The van der Waals surface area contributed by atoms with Gasteiger partial charge in [0.25, 0.3) is 0 Å². The SMILES string of the molecule is [N-]=[N+]=NC(=O)c1cc(NC(=O)Nc2ccccc2)cc(C(=O)N=[N+]=[N-])c1. The number of hydrogen-bond acceptors (Lipinski definition) is 3. The van der Waals surface area contributed by atoms with Crippen molar-refractivity contribution >= 4 is 29.2 Å². The second-order valence-corrected chi connectivity index (χ2v) is 4.73. The van der Waals surface area contributed by atoms with Gasteiger partial charge in [-0.05, 0) is 51.6 Å². The van der Waals surface area contributed by atoms with E-state index in [0.29, 0.717) is 5.69 Å². The Labute approximate surface area is 145 Å². The third kappa shape index (κ3) is 4.83. The zero-order valence-corrected chi connectivity index (χ0v) is 13.0. The van der Waals surface area contributed by atoms with Gasteiger partial charge in [0, 0.05) is 32.3 Å². The standard InChI is InChI=1S/C15H10N8O3/c16-22-20-13(24)9-6-10(14(25)21-23-17)8-12(7-9)19-15(26)18-11-4-2-1-3-5-11/h1-8H,(H2,18,19,26). The van der Waals surface area contributed by atoms with Crippen molar-refractivity contribution in [1.29, 1.82) is 0 Å². The summed E-state index contributed by atoms with van der Waals surface area (Å²) in [6.07, 6.45) is 0. The van der Waals surface area contributed by atoms with Gasteiger partial charge in [-0.3, -0.25) is 9.59 Å². The molecule has 128 valence electrons. The van der Waals surface area contributed by atoms with E-state index >= 15 is 0 Å². The summed E-state index contributed by atoms with van der Waals surface area (Å²) in [5, 5.41) is 10.9. The van der Waals surface area contributed by atoms with Crippen molar-refractivity contribution in [3.63, 3.8) is 0 Å². The zero-order valence-electron chi connectivity index (χ0n) is 13.0. The molecule has 4 amide bonds. The first-order valence-corrected chi connectivity index (χ1v) is 7.00. The maximum atomic E-state index is 12.0. The molecular formula is C15H10N8O3. The summed E-state index contributed by atoms with van der Waals surface area (Å²) in [4.78, 5) is 40.3. The first kappa shape index (κ1) is 18.0. The van der Waals surface area contributed by atoms with E-state index in [2.05, 4.69) is 30.7 Å². The van der Waals surface area contributed by atoms with Crippen molar-refractivity contribution in [2.24, 2.45) is 10.2 Å². The lowest BCUT2D eigenvalue weighted by atomic mass is 10.1. The van der Waals surface area contributed by atoms with Crippen LogP contribution in [0.5, 0.6) is 0 Å². The van der Waals surface area contributed by atoms with Gasteiger partial charge in [0.05, 0.1) is 0 Å². The van der Waals surface area contributed by atoms with Crippen LogP contribution in [0.25, 0.3) is 20.9 Å². The third-order valence-corrected chi connectivity index (χ3v) is 2.99. The molecule has 0 heterocycles. The minimum atomic E-state index is -0.963. The van der Waals surface area contributed by atoms with E-state index in [-0.39, 0.29) is 16.8 Å². The Balaban J connectivity index is 2.32. The normalized spacial score (nSPS) is 9.23. The quantitative estimate of drug-likeness (QED) is 0.477. The van der Waals surface area contributed by atoms with Gasteiger partial charge in [-0.2, -0.15) is 0 Å². The molecular weight excluding hydrogens is 340 g/mol. The largest absolute Gasteiger partial charge is 0.323 e. The van der Waals surface area contributed by atoms with Gasteiger partial charge in [0.1, 0.15) is 0 Å². The first-order valence-electron chi connectivity index (χ1n) is 7.00. The van der Waals surface area contributed by atoms with Gasteiger partial charge in [0.15, 0.2) is 0 Å². The molecule has 0 saturated carbocycles. The number of para-hydroxylation sites is 1. The van der Waals surface area contributed by atoms with Crippen molar-refractivity contribution in [1.82, 2.24) is 0 Å². The van der Waals surface area contributed by atoms with Crippen LogP contribution in [0.3, 0.4) is 0 Å². The number of amides is 4. The smallest absolute Gasteiger partial charge is 0.308 e. The lowest BCUT2D eigenvalue weighted by molar-refractivity contribution is 0.0999. The molecule has 0 fully saturated rings. The molecule has 2 aromatic rings. The fourth-order valence-corrected chi connectivity index (χ4v) is 1.96. The Morgan fingerprint density at radius 1 is 0.769 bits per heavy atom. The van der Waals surface area contributed by atoms with E-state index in [1.807, 2.05) is 0 Å². The predicted octanol–water partition coefficient (Wildman–Crippen LogP) is 4.23. The van der Waals surface area contributed by atoms with Crippen LogP contribution < -0.4 is 10.6 Å². The molecule has 0 bridgehead atoms. The number of carbonyl (C=O) groups excluding carboxylic acids is 3. The average molecular weight is 350 g/mol. The Morgan fingerprint density at radius 3 is 1.77 bits per heavy atom. The molecule has 0 aromatic heterocycles. The van der Waals surface area contributed by atoms with Gasteiger partial charge in [-0.1, -0.05) is 18.2 Å². The Kier molecular flexibility index (Phi) is 5.89. The number of anilines is 2. The highest BCUT2D eigenvalue weighted by Crippen LogP contribution is 2.18. The van der Waals surface area contributed by atoms with Gasteiger partial charge < -0.3 is 10.6 Å². The Morgan fingerprint density at radius 2 is 1.27 bits per heavy atom. The van der Waals surface area contributed by atoms with Crippen LogP contribution in [-0.2, 0) is 0 Å². The molecule has 0 atom stereocenters. The third-order valence-electron chi connectivity index (χ3n) is 2.99. The van der Waals surface area contributed by atoms with Crippen molar-refractivity contribution in [3.8, 4) is 0 Å². The second kappa shape index (κ2) is 8.50. The molecule has 26 heavy (non-hydrogen) atoms. The number of azide groups is 2. The molecule has 11 heteroatoms. The molecule has 11 nitrogen and oxygen atoms in total. The molecule has 2 rings (SSSR count). The van der Waals surface area contributed by atoms with Crippen LogP contribution >= 0.6 is 0 Å². The van der Waals surface area contributed by atoms with Crippen LogP contribution in [0.2, 0.25) is 0 Å². The number of nitrogens with one attached hydrogen (secondary N) is 2. The highest BCUT2D eigenvalue weighted by atomic mass is 16.2. The molecule has 0 unspecified atom stereocenters. The van der Waals surface area contributed by atoms with Crippen molar-refractivity contribution < 1.29 is 14.4 Å². The summed E-state index contributed by atoms with van der Waals surface area (Å²) in [6.45, 7) is 0. The molecule has 0 spiro atoms. The molecule has 0 aliphatic rings. The Bertz CT molecular complexity index is 912. The number of benzene rings is 2. The summed E-state index contributed by atoms with van der Waals surface area (Å²) in [7, 11) is 0. The molecule has 2 N–H and O–H groups in total. The molecule has 0 saturated heterocycles. The number of nitrogens with zero attached hydrogens (tertiary/aromatic N) is 6. The minimum Gasteiger partial charge on any atom is -0.308 e. The Hall–Kier alpha value is -4.33. The molecule has 0 aliphatic carbocycles. The van der Waals surface area contributed by atoms with Crippen LogP contribution in [0.1, 0.15) is 20.7 Å². The van der Waals surface area contributed by atoms with Crippen LogP contribution in [0.15, 0.2) is 58.8 Å². The fraction of sp³-hybridized carbons (Fsp3) is 0. The lowest BCUT2D eigenvalue weighted by Crippen LogP contribution is -2.19. The van der Waals surface area contributed by atoms with Gasteiger partial charge in [0.2, 0.25) is 11.8 Å². The molecule has 0 aliphatic heterocycles. The summed E-state index contributed by atoms with van der Waals surface area (Å²) in [5.74, 6) is -1.93. The van der Waals surface area contributed by atoms with E-state index in [9.17, 15) is 14.4 Å². The van der Waals surface area contributed by atoms with Crippen molar-refractivity contribution in [2.45, 2.75) is 0 Å². The number of rotatable bonds is 4. The highest BCUT2D eigenvalue weighted by Gasteiger charge is 2.13. The lowest BCUT2D eigenvalue weighted by Gasteiger charge is -2.10. The zero-order chi connectivity index (χ0) is 18.9. The van der Waals surface area contributed by atoms with E-state index in [4.69, 9.17) is 11.1 Å². The summed E-state index contributed by atoms with van der Waals surface area (Å²) in [6, 6.07) is 11.5. The van der Waals surface area contributed by atoms with Crippen molar-refractivity contribution in [2.75, 3.05) is 10.6 Å². The van der Waals surface area contributed by atoms with Crippen LogP contribution in [0, 0.1) is 0 Å². The average Bonchev–Trinajstić information content (AvgIpc) is 2.62. The van der Waals surface area contributed by atoms with E-state index in [0.717, 1.165) is 6.07 Å². The van der Waals surface area contributed by atoms with E-state index < -0.39 is 17.8 Å². The highest BCUT2D eigenvalue weighted by molar-refractivity contribution is 6.04. The second-order valence-electron chi connectivity index (χ2n) is 4.73. The maximum absolute atomic E-state index is 12.0. The van der Waals surface area contributed by atoms with Crippen molar-refractivity contribution in [3.05, 3.63) is 80.5 Å². The molecule has 0 radical (unpaired) electrons. The number of urea groups is 1. The molecule has 2 aromatic carbocycles. The number of hydrogen-bond donors (Lipinski definition) is 2. The van der Waals surface area contributed by atoms with Crippen LogP contribution in [-0.4, -0.2) is 17.8 Å². The van der Waals surface area contributed by atoms with E-state index in [1.165, 1.54) is 12.1 Å². The van der Waals surface area contributed by atoms with Gasteiger partial charge in [-0.15, -0.1) is 0 Å². The van der Waals surface area contributed by atoms with E-state index in [1.54, 1.807) is 30.3 Å². The summed E-state index contributed by atoms with van der Waals surface area (Å²) < 4.78 is 0.